The van der Waals surface area contributed by atoms with Crippen LogP contribution in [0.2, 0.25) is 0 Å². The van der Waals surface area contributed by atoms with Crippen LogP contribution in [0.25, 0.3) is 0 Å². The van der Waals surface area contributed by atoms with Crippen molar-refractivity contribution in [3.63, 3.8) is 0 Å². The van der Waals surface area contributed by atoms with Crippen molar-refractivity contribution < 1.29 is 4.74 Å². The van der Waals surface area contributed by atoms with E-state index in [1.54, 1.807) is 7.11 Å². The Hall–Kier alpha value is -1.22. The highest BCUT2D eigenvalue weighted by Gasteiger charge is 2.01. The molecule has 0 fully saturated rings. The molecule has 0 aliphatic heterocycles. The Morgan fingerprint density at radius 1 is 1.16 bits per heavy atom. The van der Waals surface area contributed by atoms with Gasteiger partial charge in [-0.15, -0.1) is 0 Å². The second-order valence-electron chi connectivity index (χ2n) is 5.42. The summed E-state index contributed by atoms with van der Waals surface area (Å²) in [5.41, 5.74) is 1.25. The molecule has 0 aliphatic rings. The van der Waals surface area contributed by atoms with Crippen molar-refractivity contribution in [2.45, 2.75) is 26.7 Å². The first-order chi connectivity index (χ1) is 9.13. The summed E-state index contributed by atoms with van der Waals surface area (Å²) in [4.78, 5) is 2.29. The van der Waals surface area contributed by atoms with E-state index in [1.165, 1.54) is 18.5 Å². The van der Waals surface area contributed by atoms with E-state index in [0.29, 0.717) is 0 Å². The second kappa shape index (κ2) is 8.81. The third-order valence-electron chi connectivity index (χ3n) is 3.16. The molecule has 0 aromatic heterocycles. The zero-order valence-electron chi connectivity index (χ0n) is 12.8. The first kappa shape index (κ1) is 15.8. The quantitative estimate of drug-likeness (QED) is 0.693. The van der Waals surface area contributed by atoms with Crippen LogP contribution in [0.1, 0.15) is 26.7 Å². The molecule has 3 nitrogen and oxygen atoms in total. The second-order valence-corrected chi connectivity index (χ2v) is 5.42. The summed E-state index contributed by atoms with van der Waals surface area (Å²) in [6, 6.07) is 8.23. The maximum Gasteiger partial charge on any atom is 0.119 e. The number of benzene rings is 1. The number of hydrogen-bond acceptors (Lipinski definition) is 3. The first-order valence-corrected chi connectivity index (χ1v) is 7.19. The zero-order chi connectivity index (χ0) is 14.1. The van der Waals surface area contributed by atoms with Crippen LogP contribution in [-0.4, -0.2) is 33.8 Å². The number of nitrogens with one attached hydrogen (secondary N) is 1. The van der Waals surface area contributed by atoms with Crippen molar-refractivity contribution >= 4 is 5.69 Å². The maximum atomic E-state index is 5.17. The fourth-order valence-corrected chi connectivity index (χ4v) is 1.96. The Bertz CT molecular complexity index is 335. The number of rotatable bonds is 9. The standard InChI is InChI=1S/C16H28N2O/c1-14(2)13-17-11-5-6-12-18(3)15-7-9-16(19-4)10-8-15/h7-10,14,17H,5-6,11-13H2,1-4H3. The number of methoxy groups -OCH3 is 1. The predicted octanol–water partition coefficient (Wildman–Crippen LogP) is 3.16. The van der Waals surface area contributed by atoms with Gasteiger partial charge in [-0.2, -0.15) is 0 Å². The van der Waals surface area contributed by atoms with Gasteiger partial charge in [-0.25, -0.2) is 0 Å². The van der Waals surface area contributed by atoms with E-state index in [0.717, 1.165) is 31.3 Å². The van der Waals surface area contributed by atoms with Crippen molar-refractivity contribution in [1.29, 1.82) is 0 Å². The molecular weight excluding hydrogens is 236 g/mol. The number of hydrogen-bond donors (Lipinski definition) is 1. The van der Waals surface area contributed by atoms with Gasteiger partial charge in [0.15, 0.2) is 0 Å². The minimum atomic E-state index is 0.738. The minimum absolute atomic E-state index is 0.738. The molecule has 0 radical (unpaired) electrons. The van der Waals surface area contributed by atoms with Crippen LogP contribution in [-0.2, 0) is 0 Å². The van der Waals surface area contributed by atoms with E-state index in [2.05, 4.69) is 43.2 Å². The lowest BCUT2D eigenvalue weighted by Crippen LogP contribution is -2.23. The van der Waals surface area contributed by atoms with Gasteiger partial charge in [0, 0.05) is 19.3 Å². The summed E-state index contributed by atoms with van der Waals surface area (Å²) < 4.78 is 5.17. The topological polar surface area (TPSA) is 24.5 Å². The van der Waals surface area contributed by atoms with Crippen LogP contribution in [0.4, 0.5) is 5.69 Å². The van der Waals surface area contributed by atoms with E-state index >= 15 is 0 Å². The van der Waals surface area contributed by atoms with Gasteiger partial charge in [0.25, 0.3) is 0 Å². The van der Waals surface area contributed by atoms with Gasteiger partial charge in [-0.1, -0.05) is 13.8 Å². The molecule has 3 heteroatoms. The molecule has 1 aromatic carbocycles. The largest absolute Gasteiger partial charge is 0.497 e. The van der Waals surface area contributed by atoms with E-state index in [-0.39, 0.29) is 0 Å². The smallest absolute Gasteiger partial charge is 0.119 e. The van der Waals surface area contributed by atoms with E-state index < -0.39 is 0 Å². The van der Waals surface area contributed by atoms with Crippen LogP contribution >= 0.6 is 0 Å². The predicted molar refractivity (Wildman–Crippen MR) is 83.2 cm³/mol. The van der Waals surface area contributed by atoms with Crippen LogP contribution in [0.3, 0.4) is 0 Å². The summed E-state index contributed by atoms with van der Waals surface area (Å²) in [5, 5.41) is 3.48. The monoisotopic (exact) mass is 264 g/mol. The van der Waals surface area contributed by atoms with Crippen molar-refractivity contribution in [3.05, 3.63) is 24.3 Å². The number of ether oxygens (including phenoxy) is 1. The molecule has 1 N–H and O–H groups in total. The lowest BCUT2D eigenvalue weighted by Gasteiger charge is -2.19. The van der Waals surface area contributed by atoms with Gasteiger partial charge in [0.2, 0.25) is 0 Å². The molecule has 0 atom stereocenters. The van der Waals surface area contributed by atoms with Crippen LogP contribution in [0.5, 0.6) is 5.75 Å². The van der Waals surface area contributed by atoms with Gasteiger partial charge in [-0.05, 0) is 56.1 Å². The van der Waals surface area contributed by atoms with E-state index in [9.17, 15) is 0 Å². The molecular formula is C16H28N2O. The average Bonchev–Trinajstić information content (AvgIpc) is 2.42. The molecule has 0 aliphatic carbocycles. The Labute approximate surface area is 118 Å². The van der Waals surface area contributed by atoms with Gasteiger partial charge in [-0.3, -0.25) is 0 Å². The molecule has 1 rings (SSSR count). The first-order valence-electron chi connectivity index (χ1n) is 7.19. The molecule has 19 heavy (non-hydrogen) atoms. The molecule has 0 saturated heterocycles. The Morgan fingerprint density at radius 3 is 2.42 bits per heavy atom. The maximum absolute atomic E-state index is 5.17. The SMILES string of the molecule is COc1ccc(N(C)CCCCNCC(C)C)cc1. The van der Waals surface area contributed by atoms with Gasteiger partial charge < -0.3 is 15.0 Å². The highest BCUT2D eigenvalue weighted by molar-refractivity contribution is 5.48. The third kappa shape index (κ3) is 6.48. The summed E-state index contributed by atoms with van der Waals surface area (Å²) >= 11 is 0. The molecule has 0 bridgehead atoms. The van der Waals surface area contributed by atoms with Gasteiger partial charge in [0.1, 0.15) is 5.75 Å². The lowest BCUT2D eigenvalue weighted by molar-refractivity contribution is 0.415. The fraction of sp³-hybridized carbons (Fsp3) is 0.625. The van der Waals surface area contributed by atoms with Crippen molar-refractivity contribution in [3.8, 4) is 5.75 Å². The van der Waals surface area contributed by atoms with Crippen LogP contribution in [0.15, 0.2) is 24.3 Å². The molecule has 0 spiro atoms. The third-order valence-corrected chi connectivity index (χ3v) is 3.16. The minimum Gasteiger partial charge on any atom is -0.497 e. The highest BCUT2D eigenvalue weighted by Crippen LogP contribution is 2.18. The summed E-state index contributed by atoms with van der Waals surface area (Å²) in [6.07, 6.45) is 2.45. The normalized spacial score (nSPS) is 10.8. The Morgan fingerprint density at radius 2 is 1.84 bits per heavy atom. The lowest BCUT2D eigenvalue weighted by atomic mass is 10.2. The van der Waals surface area contributed by atoms with E-state index in [1.807, 2.05) is 12.1 Å². The number of unbranched alkanes of at least 4 members (excludes halogenated alkanes) is 1. The number of nitrogens with zero attached hydrogens (tertiary/aromatic N) is 1. The van der Waals surface area contributed by atoms with Crippen molar-refractivity contribution in [2.75, 3.05) is 38.7 Å². The van der Waals surface area contributed by atoms with Crippen LogP contribution in [0, 0.1) is 5.92 Å². The summed E-state index contributed by atoms with van der Waals surface area (Å²) in [5.74, 6) is 1.65. The number of anilines is 1. The molecule has 0 unspecified atom stereocenters. The summed E-state index contributed by atoms with van der Waals surface area (Å²) in [7, 11) is 3.84. The van der Waals surface area contributed by atoms with Crippen molar-refractivity contribution in [2.24, 2.45) is 5.92 Å². The summed E-state index contributed by atoms with van der Waals surface area (Å²) in [6.45, 7) is 7.81. The molecule has 0 saturated carbocycles. The van der Waals surface area contributed by atoms with Gasteiger partial charge >= 0.3 is 0 Å². The molecule has 1 aromatic rings. The van der Waals surface area contributed by atoms with Gasteiger partial charge in [0.05, 0.1) is 7.11 Å². The molecule has 108 valence electrons. The van der Waals surface area contributed by atoms with E-state index in [4.69, 9.17) is 4.74 Å². The van der Waals surface area contributed by atoms with Crippen molar-refractivity contribution in [1.82, 2.24) is 5.32 Å². The molecule has 0 heterocycles. The highest BCUT2D eigenvalue weighted by atomic mass is 16.5. The average molecular weight is 264 g/mol. The Kier molecular flexibility index (Phi) is 7.34. The van der Waals surface area contributed by atoms with Crippen LogP contribution < -0.4 is 15.0 Å². The zero-order valence-corrected chi connectivity index (χ0v) is 12.8. The molecule has 0 amide bonds. The Balaban J connectivity index is 2.17. The fourth-order valence-electron chi connectivity index (χ4n) is 1.96.